The summed E-state index contributed by atoms with van der Waals surface area (Å²) in [6.45, 7) is 14.1. The fourth-order valence-electron chi connectivity index (χ4n) is 6.64. The summed E-state index contributed by atoms with van der Waals surface area (Å²) in [7, 11) is 0. The predicted octanol–water partition coefficient (Wildman–Crippen LogP) is 6.87. The molecule has 0 spiro atoms. The molecule has 0 fully saturated rings. The van der Waals surface area contributed by atoms with Crippen molar-refractivity contribution in [3.05, 3.63) is 87.6 Å². The summed E-state index contributed by atoms with van der Waals surface area (Å²) in [5.41, 5.74) is 8.19. The summed E-state index contributed by atoms with van der Waals surface area (Å²) in [5.74, 6) is 3.61. The molecule has 0 radical (unpaired) electrons. The van der Waals surface area contributed by atoms with Crippen molar-refractivity contribution in [1.82, 2.24) is 4.57 Å². The maximum Gasteiger partial charge on any atom is 0.0840 e. The van der Waals surface area contributed by atoms with Crippen molar-refractivity contribution in [2.24, 2.45) is 5.92 Å². The van der Waals surface area contributed by atoms with E-state index in [9.17, 15) is 0 Å². The van der Waals surface area contributed by atoms with Gasteiger partial charge in [0.05, 0.1) is 6.54 Å². The van der Waals surface area contributed by atoms with Crippen LogP contribution in [-0.2, 0) is 12.0 Å². The molecule has 1 heteroatoms. The van der Waals surface area contributed by atoms with Crippen LogP contribution < -0.4 is 10.6 Å². The number of benzene rings is 2. The second kappa shape index (κ2) is 9.55. The zero-order valence-electron chi connectivity index (χ0n) is 21.5. The first-order valence-electron chi connectivity index (χ1n) is 12.6. The lowest BCUT2D eigenvalue weighted by atomic mass is 9.59. The van der Waals surface area contributed by atoms with Crippen molar-refractivity contribution in [1.29, 1.82) is 0 Å². The highest BCUT2D eigenvalue weighted by Gasteiger charge is 2.51. The van der Waals surface area contributed by atoms with Crippen LogP contribution in [0.3, 0.4) is 0 Å². The van der Waals surface area contributed by atoms with Crippen LogP contribution in [0.5, 0.6) is 0 Å². The Morgan fingerprint density at radius 2 is 1.53 bits per heavy atom. The Kier molecular flexibility index (Phi) is 6.72. The normalized spacial score (nSPS) is 17.0. The van der Waals surface area contributed by atoms with E-state index in [4.69, 9.17) is 6.42 Å². The average molecular weight is 448 g/mol. The quantitative estimate of drug-likeness (QED) is 0.363. The largest absolute Gasteiger partial charge is 0.329 e. The van der Waals surface area contributed by atoms with Crippen LogP contribution >= 0.6 is 0 Å². The molecule has 0 bridgehead atoms. The van der Waals surface area contributed by atoms with Crippen molar-refractivity contribution in [2.75, 3.05) is 0 Å². The first kappa shape index (κ1) is 23.9. The molecule has 0 aliphatic heterocycles. The molecule has 174 valence electrons. The van der Waals surface area contributed by atoms with Crippen molar-refractivity contribution < 1.29 is 0 Å². The van der Waals surface area contributed by atoms with E-state index in [0.717, 1.165) is 6.42 Å². The third kappa shape index (κ3) is 3.24. The number of aromatic nitrogens is 1. The Labute approximate surface area is 205 Å². The van der Waals surface area contributed by atoms with Gasteiger partial charge in [0.15, 0.2) is 0 Å². The molecule has 2 atom stereocenters. The Bertz CT molecular complexity index is 1340. The molecule has 3 aromatic rings. The van der Waals surface area contributed by atoms with Crippen LogP contribution in [0.25, 0.3) is 29.4 Å². The number of hydrogen-bond acceptors (Lipinski definition) is 0. The zero-order chi connectivity index (χ0) is 24.5. The Morgan fingerprint density at radius 3 is 2.00 bits per heavy atom. The molecule has 2 aromatic carbocycles. The SMILES string of the molecule is C#CCn1c(/C=C\C)c(C(C)C2(C(C)CC)c3ccccc3-c3ccccc32)c(=C/C)/c1=C\C. The summed E-state index contributed by atoms with van der Waals surface area (Å²) in [6, 6.07) is 18.1. The van der Waals surface area contributed by atoms with Crippen LogP contribution in [0.1, 0.15) is 76.3 Å². The van der Waals surface area contributed by atoms with Gasteiger partial charge in [0, 0.05) is 16.5 Å². The van der Waals surface area contributed by atoms with Gasteiger partial charge in [-0.3, -0.25) is 0 Å². The first-order chi connectivity index (χ1) is 16.5. The van der Waals surface area contributed by atoms with Crippen LogP contribution in [0.4, 0.5) is 0 Å². The van der Waals surface area contributed by atoms with E-state index in [1.807, 2.05) is 0 Å². The van der Waals surface area contributed by atoms with Gasteiger partial charge in [-0.15, -0.1) is 6.42 Å². The van der Waals surface area contributed by atoms with E-state index >= 15 is 0 Å². The monoisotopic (exact) mass is 447 g/mol. The molecule has 0 amide bonds. The molecule has 1 aliphatic rings. The van der Waals surface area contributed by atoms with Crippen LogP contribution in [0.2, 0.25) is 0 Å². The first-order valence-corrected chi connectivity index (χ1v) is 12.6. The highest BCUT2D eigenvalue weighted by Crippen LogP contribution is 2.59. The molecule has 0 N–H and O–H groups in total. The Balaban J connectivity index is 2.17. The van der Waals surface area contributed by atoms with Crippen molar-refractivity contribution in [3.63, 3.8) is 0 Å². The standard InChI is InChI=1S/C33H37N/c1-8-17-31-32(25(11-4)30(12-5)34(31)22-9-2)24(7)33(23(6)10-3)28-20-15-13-18-26(28)27-19-14-16-21-29(27)33/h2,8,11-21,23-24H,10,22H2,1,3-7H3/b17-8-,25-11+,30-12+. The third-order valence-electron chi connectivity index (χ3n) is 8.10. The lowest BCUT2D eigenvalue weighted by Gasteiger charge is -2.43. The second-order valence-corrected chi connectivity index (χ2v) is 9.46. The number of fused-ring (bicyclic) bond motifs is 3. The van der Waals surface area contributed by atoms with E-state index in [2.05, 4.69) is 125 Å². The van der Waals surface area contributed by atoms with E-state index in [1.54, 1.807) is 0 Å². The minimum absolute atomic E-state index is 0.122. The highest BCUT2D eigenvalue weighted by atomic mass is 15.0. The smallest absolute Gasteiger partial charge is 0.0840 e. The minimum atomic E-state index is -0.122. The van der Waals surface area contributed by atoms with Gasteiger partial charge in [-0.25, -0.2) is 0 Å². The van der Waals surface area contributed by atoms with Gasteiger partial charge in [0.2, 0.25) is 0 Å². The Hall–Kier alpha value is -3.24. The third-order valence-corrected chi connectivity index (χ3v) is 8.10. The van der Waals surface area contributed by atoms with Crippen molar-refractivity contribution in [3.8, 4) is 23.5 Å². The number of nitrogens with zero attached hydrogens (tertiary/aromatic N) is 1. The van der Waals surface area contributed by atoms with Gasteiger partial charge in [0.25, 0.3) is 0 Å². The van der Waals surface area contributed by atoms with Crippen LogP contribution in [0.15, 0.2) is 54.6 Å². The van der Waals surface area contributed by atoms with Gasteiger partial charge in [0.1, 0.15) is 0 Å². The fraction of sp³-hybridized carbons (Fsp3) is 0.333. The van der Waals surface area contributed by atoms with Gasteiger partial charge < -0.3 is 4.57 Å². The highest BCUT2D eigenvalue weighted by molar-refractivity contribution is 5.82. The molecular formula is C33H37N. The zero-order valence-corrected chi connectivity index (χ0v) is 21.5. The summed E-state index contributed by atoms with van der Waals surface area (Å²) < 4.78 is 2.32. The maximum absolute atomic E-state index is 5.85. The second-order valence-electron chi connectivity index (χ2n) is 9.46. The predicted molar refractivity (Wildman–Crippen MR) is 148 cm³/mol. The van der Waals surface area contributed by atoms with Crippen molar-refractivity contribution >= 4 is 18.2 Å². The van der Waals surface area contributed by atoms with Crippen LogP contribution in [0, 0.1) is 18.3 Å². The van der Waals surface area contributed by atoms with Gasteiger partial charge in [-0.05, 0) is 71.7 Å². The average Bonchev–Trinajstić information content (AvgIpc) is 3.34. The number of allylic oxidation sites excluding steroid dienone is 1. The molecule has 1 heterocycles. The van der Waals surface area contributed by atoms with E-state index < -0.39 is 0 Å². The lowest BCUT2D eigenvalue weighted by Crippen LogP contribution is -2.41. The molecule has 0 saturated carbocycles. The summed E-state index contributed by atoms with van der Waals surface area (Å²) >= 11 is 0. The van der Waals surface area contributed by atoms with Crippen LogP contribution in [-0.4, -0.2) is 4.57 Å². The van der Waals surface area contributed by atoms with Gasteiger partial charge in [-0.2, -0.15) is 0 Å². The van der Waals surface area contributed by atoms with E-state index in [1.165, 1.54) is 44.1 Å². The summed E-state index contributed by atoms with van der Waals surface area (Å²) in [5, 5.41) is 2.53. The van der Waals surface area contributed by atoms with Gasteiger partial charge in [-0.1, -0.05) is 99.9 Å². The van der Waals surface area contributed by atoms with Crippen molar-refractivity contribution in [2.45, 2.75) is 65.8 Å². The van der Waals surface area contributed by atoms with Gasteiger partial charge >= 0.3 is 0 Å². The molecule has 34 heavy (non-hydrogen) atoms. The lowest BCUT2D eigenvalue weighted by molar-refractivity contribution is 0.294. The summed E-state index contributed by atoms with van der Waals surface area (Å²) in [4.78, 5) is 0. The molecule has 1 aromatic heterocycles. The molecule has 0 saturated heterocycles. The number of terminal acetylenes is 1. The maximum atomic E-state index is 5.85. The van der Waals surface area contributed by atoms with E-state index in [-0.39, 0.29) is 11.3 Å². The number of rotatable bonds is 6. The molecule has 1 aliphatic carbocycles. The Morgan fingerprint density at radius 1 is 0.941 bits per heavy atom. The number of hydrogen-bond donors (Lipinski definition) is 0. The topological polar surface area (TPSA) is 4.93 Å². The van der Waals surface area contributed by atoms with E-state index in [0.29, 0.717) is 12.5 Å². The molecular weight excluding hydrogens is 410 g/mol. The summed E-state index contributed by atoms with van der Waals surface area (Å²) in [6.07, 6.45) is 15.8. The molecule has 2 unspecified atom stereocenters. The fourth-order valence-corrected chi connectivity index (χ4v) is 6.64. The molecule has 4 rings (SSSR count). The minimum Gasteiger partial charge on any atom is -0.329 e. The molecule has 1 nitrogen and oxygen atoms in total.